The molecular formula is C20H22Cl2N2S4. The monoisotopic (exact) mass is 488 g/mol. The number of nitrogens with one attached hydrogen (secondary N) is 2. The molecule has 2 rings (SSSR count). The number of halogens is 2. The molecule has 0 saturated heterocycles. The molecule has 150 valence electrons. The van der Waals surface area contributed by atoms with Gasteiger partial charge in [-0.1, -0.05) is 71.9 Å². The van der Waals surface area contributed by atoms with Crippen molar-refractivity contribution in [3.8, 4) is 0 Å². The molecule has 0 fully saturated rings. The van der Waals surface area contributed by atoms with E-state index in [4.69, 9.17) is 47.6 Å². The summed E-state index contributed by atoms with van der Waals surface area (Å²) in [7, 11) is 2.98. The van der Waals surface area contributed by atoms with Gasteiger partial charge in [-0.25, -0.2) is 0 Å². The highest BCUT2D eigenvalue weighted by Crippen LogP contribution is 2.23. The molecule has 2 aromatic carbocycles. The van der Waals surface area contributed by atoms with Crippen molar-refractivity contribution >= 4 is 77.9 Å². The van der Waals surface area contributed by atoms with E-state index >= 15 is 0 Å². The van der Waals surface area contributed by atoms with Crippen molar-refractivity contribution in [3.05, 3.63) is 69.7 Å². The summed E-state index contributed by atoms with van der Waals surface area (Å²) >= 11 is 22.5. The van der Waals surface area contributed by atoms with E-state index in [0.717, 1.165) is 57.5 Å². The molecule has 0 aromatic heterocycles. The highest BCUT2D eigenvalue weighted by atomic mass is 35.5. The summed E-state index contributed by atoms with van der Waals surface area (Å²) < 4.78 is 1.51. The standard InChI is InChI=1S/C20H22Cl2N2S4/c21-17-9-5-15(6-10-17)3-1-13-23-19(25)27-28-20(26)24-14-2-4-16-7-11-18(22)12-8-16/h5-12H,1-4,13-14H2,(H,23,25)(H,24,26). The van der Waals surface area contributed by atoms with Crippen molar-refractivity contribution in [1.82, 2.24) is 10.6 Å². The lowest BCUT2D eigenvalue weighted by atomic mass is 10.1. The van der Waals surface area contributed by atoms with Crippen LogP contribution in [0.4, 0.5) is 0 Å². The van der Waals surface area contributed by atoms with Gasteiger partial charge in [0.05, 0.1) is 0 Å². The highest BCUT2D eigenvalue weighted by molar-refractivity contribution is 8.89. The number of benzene rings is 2. The predicted molar refractivity (Wildman–Crippen MR) is 136 cm³/mol. The molecule has 2 aromatic rings. The normalized spacial score (nSPS) is 10.5. The van der Waals surface area contributed by atoms with Gasteiger partial charge in [0.15, 0.2) is 0 Å². The van der Waals surface area contributed by atoms with Crippen LogP contribution in [0.25, 0.3) is 0 Å². The molecule has 8 heteroatoms. The molecule has 28 heavy (non-hydrogen) atoms. The first kappa shape index (κ1) is 23.8. The minimum absolute atomic E-state index is 0.756. The molecule has 0 amide bonds. The van der Waals surface area contributed by atoms with Crippen LogP contribution in [0, 0.1) is 0 Å². The number of hydrogen-bond donors (Lipinski definition) is 2. The van der Waals surface area contributed by atoms with Crippen molar-refractivity contribution in [2.45, 2.75) is 25.7 Å². The summed E-state index contributed by atoms with van der Waals surface area (Å²) in [6.07, 6.45) is 4.02. The van der Waals surface area contributed by atoms with E-state index < -0.39 is 0 Å². The Morgan fingerprint density at radius 1 is 0.679 bits per heavy atom. The molecule has 0 bridgehead atoms. The molecule has 0 spiro atoms. The fraction of sp³-hybridized carbons (Fsp3) is 0.300. The second-order valence-electron chi connectivity index (χ2n) is 6.06. The van der Waals surface area contributed by atoms with Gasteiger partial charge in [-0.15, -0.1) is 0 Å². The first-order valence-corrected chi connectivity index (χ1v) is 12.6. The summed E-state index contributed by atoms with van der Waals surface area (Å²) in [6.45, 7) is 1.69. The number of thiocarbonyl (C=S) groups is 2. The molecule has 2 N–H and O–H groups in total. The van der Waals surface area contributed by atoms with E-state index in [1.54, 1.807) is 0 Å². The molecule has 0 saturated carbocycles. The zero-order valence-electron chi connectivity index (χ0n) is 15.3. The first-order chi connectivity index (χ1) is 13.5. The van der Waals surface area contributed by atoms with E-state index in [2.05, 4.69) is 34.9 Å². The van der Waals surface area contributed by atoms with Gasteiger partial charge in [0.25, 0.3) is 0 Å². The Morgan fingerprint density at radius 3 is 1.39 bits per heavy atom. The number of rotatable bonds is 8. The lowest BCUT2D eigenvalue weighted by Crippen LogP contribution is -2.22. The van der Waals surface area contributed by atoms with Gasteiger partial charge in [-0.3, -0.25) is 0 Å². The van der Waals surface area contributed by atoms with Gasteiger partial charge in [0.2, 0.25) is 0 Å². The van der Waals surface area contributed by atoms with Crippen molar-refractivity contribution in [3.63, 3.8) is 0 Å². The van der Waals surface area contributed by atoms with Crippen LogP contribution in [0.3, 0.4) is 0 Å². The predicted octanol–water partition coefficient (Wildman–Crippen LogP) is 6.69. The van der Waals surface area contributed by atoms with Crippen LogP contribution < -0.4 is 10.6 Å². The molecule has 0 atom stereocenters. The molecule has 0 aliphatic rings. The topological polar surface area (TPSA) is 24.1 Å². The maximum Gasteiger partial charge on any atom is 0.144 e. The summed E-state index contributed by atoms with van der Waals surface area (Å²) in [6, 6.07) is 15.9. The summed E-state index contributed by atoms with van der Waals surface area (Å²) in [5, 5.41) is 8.06. The largest absolute Gasteiger partial charge is 0.370 e. The van der Waals surface area contributed by atoms with Gasteiger partial charge in [-0.2, -0.15) is 0 Å². The maximum atomic E-state index is 5.89. The number of hydrogen-bond acceptors (Lipinski definition) is 4. The van der Waals surface area contributed by atoms with E-state index in [1.165, 1.54) is 32.7 Å². The van der Waals surface area contributed by atoms with Gasteiger partial charge in [0.1, 0.15) is 8.64 Å². The van der Waals surface area contributed by atoms with Crippen molar-refractivity contribution in [2.24, 2.45) is 0 Å². The lowest BCUT2D eigenvalue weighted by molar-refractivity contribution is 0.782. The molecule has 0 aliphatic carbocycles. The third kappa shape index (κ3) is 10.3. The van der Waals surface area contributed by atoms with Gasteiger partial charge in [-0.05, 0) is 82.7 Å². The Kier molecular flexibility index (Phi) is 11.6. The van der Waals surface area contributed by atoms with Gasteiger partial charge in [0, 0.05) is 23.1 Å². The summed E-state index contributed by atoms with van der Waals surface area (Å²) in [4.78, 5) is 0. The third-order valence-electron chi connectivity index (χ3n) is 3.84. The molecule has 0 aliphatic heterocycles. The Labute approximate surface area is 195 Å². The third-order valence-corrected chi connectivity index (χ3v) is 7.69. The lowest BCUT2D eigenvalue weighted by Gasteiger charge is -2.09. The van der Waals surface area contributed by atoms with Crippen LogP contribution >= 0.6 is 69.2 Å². The Balaban J connectivity index is 1.49. The van der Waals surface area contributed by atoms with Crippen molar-refractivity contribution < 1.29 is 0 Å². The molecule has 0 heterocycles. The van der Waals surface area contributed by atoms with Crippen LogP contribution in [0.2, 0.25) is 10.0 Å². The molecular weight excluding hydrogens is 467 g/mol. The second-order valence-corrected chi connectivity index (χ2v) is 10.4. The second kappa shape index (κ2) is 13.7. The highest BCUT2D eigenvalue weighted by Gasteiger charge is 2.03. The van der Waals surface area contributed by atoms with Crippen LogP contribution in [-0.4, -0.2) is 21.7 Å². The zero-order chi connectivity index (χ0) is 20.2. The van der Waals surface area contributed by atoms with Crippen LogP contribution in [0.15, 0.2) is 48.5 Å². The summed E-state index contributed by atoms with van der Waals surface area (Å²) in [5.41, 5.74) is 2.56. The zero-order valence-corrected chi connectivity index (χ0v) is 20.0. The summed E-state index contributed by atoms with van der Waals surface area (Å²) in [5.74, 6) is 0. The SMILES string of the molecule is S=C(NCCCc1ccc(Cl)cc1)SSC(=S)NCCCc1ccc(Cl)cc1. The van der Waals surface area contributed by atoms with Crippen LogP contribution in [-0.2, 0) is 12.8 Å². The van der Waals surface area contributed by atoms with Crippen molar-refractivity contribution in [2.75, 3.05) is 13.1 Å². The fourth-order valence-corrected chi connectivity index (χ4v) is 4.75. The average Bonchev–Trinajstić information content (AvgIpc) is 2.69. The smallest absolute Gasteiger partial charge is 0.144 e. The minimum atomic E-state index is 0.756. The Hall–Kier alpha value is -0.500. The quantitative estimate of drug-likeness (QED) is 0.244. The molecule has 0 radical (unpaired) electrons. The number of aryl methyl sites for hydroxylation is 2. The van der Waals surface area contributed by atoms with E-state index in [9.17, 15) is 0 Å². The average molecular weight is 490 g/mol. The van der Waals surface area contributed by atoms with E-state index in [1.807, 2.05) is 24.3 Å². The minimum Gasteiger partial charge on any atom is -0.370 e. The maximum absolute atomic E-state index is 5.89. The van der Waals surface area contributed by atoms with Crippen LogP contribution in [0.5, 0.6) is 0 Å². The Morgan fingerprint density at radius 2 is 1.04 bits per heavy atom. The first-order valence-electron chi connectivity index (χ1n) is 8.92. The van der Waals surface area contributed by atoms with E-state index in [0.29, 0.717) is 0 Å². The molecule has 0 unspecified atom stereocenters. The molecule has 2 nitrogen and oxygen atoms in total. The van der Waals surface area contributed by atoms with E-state index in [-0.39, 0.29) is 0 Å². The van der Waals surface area contributed by atoms with Gasteiger partial charge < -0.3 is 10.6 Å². The van der Waals surface area contributed by atoms with Crippen molar-refractivity contribution in [1.29, 1.82) is 0 Å². The Bertz CT molecular complexity index is 686. The fourth-order valence-electron chi connectivity index (χ4n) is 2.40. The van der Waals surface area contributed by atoms with Gasteiger partial charge >= 0.3 is 0 Å². The van der Waals surface area contributed by atoms with Crippen LogP contribution in [0.1, 0.15) is 24.0 Å².